The SMILES string of the molecule is CC1=C2[C@@H](O)C(=O)[C@@]3(C)C([C@H](OC(=O)c4ccccc4)[C@](O)(C[C@@H]1O)C2(C)C)[C@]1(C)CC[C@@H]1C[C@@H]3O. The highest BCUT2D eigenvalue weighted by Crippen LogP contribution is 2.69. The highest BCUT2D eigenvalue weighted by atomic mass is 16.6. The number of carbonyl (C=O) groups excluding carboxylic acids is 2. The summed E-state index contributed by atoms with van der Waals surface area (Å²) >= 11 is 0. The molecule has 0 spiro atoms. The number of Topliss-reactive ketones (excluding diaryl/α,β-unsaturated/α-hetero) is 1. The summed E-state index contributed by atoms with van der Waals surface area (Å²) in [4.78, 5) is 27.7. The van der Waals surface area contributed by atoms with Gasteiger partial charge in [-0.2, -0.15) is 0 Å². The van der Waals surface area contributed by atoms with E-state index in [1.807, 2.05) is 6.92 Å². The van der Waals surface area contributed by atoms with Crippen molar-refractivity contribution in [2.45, 2.75) is 90.3 Å². The quantitative estimate of drug-likeness (QED) is 0.365. The van der Waals surface area contributed by atoms with Gasteiger partial charge in [-0.25, -0.2) is 4.79 Å². The lowest BCUT2D eigenvalue weighted by Gasteiger charge is -2.68. The minimum absolute atomic E-state index is 0.0878. The van der Waals surface area contributed by atoms with Crippen molar-refractivity contribution in [1.82, 2.24) is 0 Å². The Morgan fingerprint density at radius 1 is 1.06 bits per heavy atom. The fraction of sp³-hybridized carbons (Fsp3) is 0.655. The second-order valence-corrected chi connectivity index (χ2v) is 12.6. The Hall–Kier alpha value is -2.06. The van der Waals surface area contributed by atoms with Gasteiger partial charge in [0.25, 0.3) is 0 Å². The summed E-state index contributed by atoms with van der Waals surface area (Å²) in [7, 11) is 0. The summed E-state index contributed by atoms with van der Waals surface area (Å²) in [5.74, 6) is -1.86. The zero-order valence-corrected chi connectivity index (χ0v) is 21.7. The van der Waals surface area contributed by atoms with Crippen molar-refractivity contribution in [3.63, 3.8) is 0 Å². The lowest BCUT2D eigenvalue weighted by atomic mass is 9.38. The normalized spacial score (nSPS) is 45.5. The molecule has 1 aromatic rings. The van der Waals surface area contributed by atoms with Crippen molar-refractivity contribution in [2.24, 2.45) is 28.1 Å². The van der Waals surface area contributed by atoms with E-state index in [0.29, 0.717) is 17.6 Å². The fourth-order valence-electron chi connectivity index (χ4n) is 8.25. The Morgan fingerprint density at radius 2 is 1.69 bits per heavy atom. The van der Waals surface area contributed by atoms with Crippen LogP contribution in [0.15, 0.2) is 41.5 Å². The molecule has 4 N–H and O–H groups in total. The Balaban J connectivity index is 1.78. The van der Waals surface area contributed by atoms with E-state index in [9.17, 15) is 30.0 Å². The molecule has 9 atom stereocenters. The van der Waals surface area contributed by atoms with E-state index in [1.165, 1.54) is 0 Å². The first kappa shape index (κ1) is 25.6. The van der Waals surface area contributed by atoms with E-state index >= 15 is 0 Å². The lowest BCUT2D eigenvalue weighted by molar-refractivity contribution is -0.266. The minimum Gasteiger partial charge on any atom is -0.455 e. The Labute approximate surface area is 212 Å². The number of hydrogen-bond acceptors (Lipinski definition) is 7. The molecule has 1 unspecified atom stereocenters. The Bertz CT molecular complexity index is 1130. The minimum atomic E-state index is -1.81. The van der Waals surface area contributed by atoms with Crippen LogP contribution < -0.4 is 0 Å². The summed E-state index contributed by atoms with van der Waals surface area (Å²) in [6.07, 6.45) is -3.11. The van der Waals surface area contributed by atoms with Gasteiger partial charge in [-0.05, 0) is 67.7 Å². The predicted molar refractivity (Wildman–Crippen MR) is 132 cm³/mol. The number of benzene rings is 1. The van der Waals surface area contributed by atoms with Crippen molar-refractivity contribution in [3.8, 4) is 0 Å². The first-order valence-electron chi connectivity index (χ1n) is 13.0. The first-order valence-corrected chi connectivity index (χ1v) is 13.0. The highest BCUT2D eigenvalue weighted by molar-refractivity contribution is 5.93. The number of hydrogen-bond donors (Lipinski definition) is 4. The third kappa shape index (κ3) is 3.06. The molecule has 0 radical (unpaired) electrons. The van der Waals surface area contributed by atoms with Gasteiger partial charge < -0.3 is 25.2 Å². The lowest BCUT2D eigenvalue weighted by Crippen LogP contribution is -2.75. The van der Waals surface area contributed by atoms with E-state index in [1.54, 1.807) is 58.0 Å². The van der Waals surface area contributed by atoms with Crippen molar-refractivity contribution in [3.05, 3.63) is 47.0 Å². The molecule has 7 nitrogen and oxygen atoms in total. The van der Waals surface area contributed by atoms with Crippen molar-refractivity contribution in [1.29, 1.82) is 0 Å². The van der Waals surface area contributed by atoms with Crippen LogP contribution in [0.3, 0.4) is 0 Å². The molecule has 5 rings (SSSR count). The standard InChI is InChI=1S/C29H38O7/c1-15-18(30)14-29(35)24(36-25(34)16-9-7-6-8-10-16)22-27(4)12-11-17(27)13-19(31)28(22,5)23(33)21(32)20(15)26(29,2)3/h6-10,17-19,21-22,24,30-32,35H,11-14H2,1-5H3/t17-,18+,19+,21-,22?,24+,27-,28-,29-/m1/s1. The molecule has 3 fully saturated rings. The van der Waals surface area contributed by atoms with Gasteiger partial charge in [-0.1, -0.05) is 39.0 Å². The monoisotopic (exact) mass is 498 g/mol. The Morgan fingerprint density at radius 3 is 2.28 bits per heavy atom. The van der Waals surface area contributed by atoms with Gasteiger partial charge in [0.1, 0.15) is 17.8 Å². The van der Waals surface area contributed by atoms with E-state index < -0.39 is 63.9 Å². The van der Waals surface area contributed by atoms with Crippen molar-refractivity contribution >= 4 is 11.8 Å². The average Bonchev–Trinajstić information content (AvgIpc) is 2.83. The molecule has 4 aliphatic rings. The van der Waals surface area contributed by atoms with Crippen LogP contribution >= 0.6 is 0 Å². The van der Waals surface area contributed by atoms with E-state index in [2.05, 4.69) is 0 Å². The summed E-state index contributed by atoms with van der Waals surface area (Å²) in [5, 5.41) is 46.6. The summed E-state index contributed by atoms with van der Waals surface area (Å²) < 4.78 is 6.24. The summed E-state index contributed by atoms with van der Waals surface area (Å²) in [6, 6.07) is 8.49. The van der Waals surface area contributed by atoms with Crippen LogP contribution in [-0.2, 0) is 9.53 Å². The van der Waals surface area contributed by atoms with Gasteiger partial charge in [-0.3, -0.25) is 4.79 Å². The number of aliphatic hydroxyl groups excluding tert-OH is 3. The smallest absolute Gasteiger partial charge is 0.338 e. The zero-order chi connectivity index (χ0) is 26.4. The molecule has 3 saturated carbocycles. The fourth-order valence-corrected chi connectivity index (χ4v) is 8.25. The molecule has 1 aromatic carbocycles. The molecule has 0 amide bonds. The molecule has 0 aliphatic heterocycles. The first-order chi connectivity index (χ1) is 16.7. The molecule has 2 bridgehead atoms. The molecular weight excluding hydrogens is 460 g/mol. The predicted octanol–water partition coefficient (Wildman–Crippen LogP) is 2.80. The maximum absolute atomic E-state index is 14.2. The van der Waals surface area contributed by atoms with Crippen LogP contribution in [0.1, 0.15) is 70.7 Å². The Kier molecular flexibility index (Phi) is 5.66. The molecule has 0 aromatic heterocycles. The second-order valence-electron chi connectivity index (χ2n) is 12.6. The second kappa shape index (κ2) is 7.97. The third-order valence-corrected chi connectivity index (χ3v) is 10.8. The van der Waals surface area contributed by atoms with Crippen LogP contribution in [0.5, 0.6) is 0 Å². The van der Waals surface area contributed by atoms with Gasteiger partial charge in [0.05, 0.1) is 23.2 Å². The maximum Gasteiger partial charge on any atom is 0.338 e. The van der Waals surface area contributed by atoms with E-state index in [-0.39, 0.29) is 17.9 Å². The van der Waals surface area contributed by atoms with Crippen LogP contribution in [0, 0.1) is 28.1 Å². The van der Waals surface area contributed by atoms with Gasteiger partial charge in [0.2, 0.25) is 0 Å². The summed E-state index contributed by atoms with van der Waals surface area (Å²) in [6.45, 7) is 8.82. The third-order valence-electron chi connectivity index (χ3n) is 10.8. The molecular formula is C29H38O7. The van der Waals surface area contributed by atoms with E-state index in [4.69, 9.17) is 4.74 Å². The van der Waals surface area contributed by atoms with Crippen molar-refractivity contribution in [2.75, 3.05) is 0 Å². The van der Waals surface area contributed by atoms with Crippen LogP contribution in [0.4, 0.5) is 0 Å². The average molecular weight is 499 g/mol. The van der Waals surface area contributed by atoms with Crippen LogP contribution in [-0.4, -0.2) is 62.2 Å². The van der Waals surface area contributed by atoms with Gasteiger partial charge in [0.15, 0.2) is 5.78 Å². The topological polar surface area (TPSA) is 124 Å². The van der Waals surface area contributed by atoms with Gasteiger partial charge in [0, 0.05) is 17.8 Å². The number of ketones is 1. The van der Waals surface area contributed by atoms with Crippen LogP contribution in [0.25, 0.3) is 0 Å². The zero-order valence-electron chi connectivity index (χ0n) is 21.7. The number of carbonyl (C=O) groups is 2. The van der Waals surface area contributed by atoms with Crippen LogP contribution in [0.2, 0.25) is 0 Å². The number of rotatable bonds is 2. The maximum atomic E-state index is 14.2. The molecule has 0 heterocycles. The number of esters is 1. The molecule has 4 aliphatic carbocycles. The van der Waals surface area contributed by atoms with E-state index in [0.717, 1.165) is 12.8 Å². The van der Waals surface area contributed by atoms with Gasteiger partial charge in [-0.15, -0.1) is 0 Å². The molecule has 7 heteroatoms. The molecule has 0 saturated heterocycles. The van der Waals surface area contributed by atoms with Crippen molar-refractivity contribution < 1.29 is 34.8 Å². The highest BCUT2D eigenvalue weighted by Gasteiger charge is 2.74. The van der Waals surface area contributed by atoms with Gasteiger partial charge >= 0.3 is 5.97 Å². The number of ether oxygens (including phenoxy) is 1. The molecule has 36 heavy (non-hydrogen) atoms. The largest absolute Gasteiger partial charge is 0.455 e. The summed E-state index contributed by atoms with van der Waals surface area (Å²) in [5.41, 5.74) is -4.00. The number of aliphatic hydroxyl groups is 4. The molecule has 196 valence electrons. The number of fused-ring (bicyclic) bond motifs is 5.